The molecule has 2 amide bonds. The zero-order valence-corrected chi connectivity index (χ0v) is 14.7. The fourth-order valence-corrected chi connectivity index (χ4v) is 3.59. The molecule has 0 saturated carbocycles. The van der Waals surface area contributed by atoms with Gasteiger partial charge < -0.3 is 10.6 Å². The van der Waals surface area contributed by atoms with Gasteiger partial charge in [0.05, 0.1) is 27.8 Å². The number of hydrogen-bond donors (Lipinski definition) is 2. The van der Waals surface area contributed by atoms with E-state index in [-0.39, 0.29) is 18.4 Å². The Kier molecular flexibility index (Phi) is 4.55. The molecule has 0 fully saturated rings. The number of hydrogen-bond acceptors (Lipinski definition) is 4. The summed E-state index contributed by atoms with van der Waals surface area (Å²) >= 11 is 7.57. The summed E-state index contributed by atoms with van der Waals surface area (Å²) in [4.78, 5) is 24.8. The maximum Gasteiger partial charge on any atom is 0.261 e. The van der Waals surface area contributed by atoms with Crippen molar-refractivity contribution in [2.24, 2.45) is 0 Å². The number of aryl methyl sites for hydroxylation is 1. The molecule has 1 aromatic carbocycles. The lowest BCUT2D eigenvalue weighted by Gasteiger charge is -2.04. The Hall–Kier alpha value is -2.38. The summed E-state index contributed by atoms with van der Waals surface area (Å²) in [5.41, 5.74) is 1.57. The summed E-state index contributed by atoms with van der Waals surface area (Å²) in [5, 5.41) is 11.0. The molecule has 0 atom stereocenters. The minimum absolute atomic E-state index is 0.0564. The van der Waals surface area contributed by atoms with Crippen molar-refractivity contribution in [2.75, 3.05) is 13.6 Å². The van der Waals surface area contributed by atoms with Crippen LogP contribution in [0.15, 0.2) is 30.3 Å². The molecule has 2 N–H and O–H groups in total. The molecule has 3 aromatic rings. The van der Waals surface area contributed by atoms with Gasteiger partial charge in [0.15, 0.2) is 0 Å². The number of benzene rings is 1. The fraction of sp³-hybridized carbons (Fsp3) is 0.188. The molecule has 0 aliphatic rings. The lowest BCUT2D eigenvalue weighted by molar-refractivity contribution is -0.119. The monoisotopic (exact) mass is 362 g/mol. The van der Waals surface area contributed by atoms with Crippen molar-refractivity contribution in [2.45, 2.75) is 6.92 Å². The lowest BCUT2D eigenvalue weighted by Crippen LogP contribution is -2.34. The average Bonchev–Trinajstić information content (AvgIpc) is 3.14. The molecule has 8 heteroatoms. The summed E-state index contributed by atoms with van der Waals surface area (Å²) in [6.45, 7) is 1.83. The summed E-state index contributed by atoms with van der Waals surface area (Å²) in [6, 6.07) is 9.19. The first-order valence-electron chi connectivity index (χ1n) is 7.24. The van der Waals surface area contributed by atoms with E-state index in [0.717, 1.165) is 21.6 Å². The number of rotatable bonds is 4. The molecule has 0 spiro atoms. The van der Waals surface area contributed by atoms with Gasteiger partial charge in [0.25, 0.3) is 5.91 Å². The predicted octanol–water partition coefficient (Wildman–Crippen LogP) is 2.52. The van der Waals surface area contributed by atoms with Crippen molar-refractivity contribution in [1.82, 2.24) is 20.4 Å². The van der Waals surface area contributed by atoms with Gasteiger partial charge in [-0.05, 0) is 25.1 Å². The van der Waals surface area contributed by atoms with Gasteiger partial charge in [-0.3, -0.25) is 9.59 Å². The highest BCUT2D eigenvalue weighted by atomic mass is 35.5. The maximum atomic E-state index is 12.2. The molecule has 6 nitrogen and oxygen atoms in total. The molecule has 0 aliphatic carbocycles. The standard InChI is InChI=1S/C16H15ClN4O2S/c1-9-10-7-13(15(23)19-8-14(22)18-2)24-16(10)21(20-9)12-6-4-3-5-11(12)17/h3-7H,8H2,1-2H3,(H,18,22)(H,19,23). The van der Waals surface area contributed by atoms with E-state index < -0.39 is 0 Å². The molecule has 0 bridgehead atoms. The van der Waals surface area contributed by atoms with Crippen molar-refractivity contribution < 1.29 is 9.59 Å². The molecule has 3 rings (SSSR count). The van der Waals surface area contributed by atoms with Gasteiger partial charge in [0, 0.05) is 12.4 Å². The molecule has 2 heterocycles. The number of likely N-dealkylation sites (N-methyl/N-ethyl adjacent to an activating group) is 1. The van der Waals surface area contributed by atoms with E-state index in [0.29, 0.717) is 9.90 Å². The Morgan fingerprint density at radius 3 is 2.79 bits per heavy atom. The van der Waals surface area contributed by atoms with Gasteiger partial charge in [0.1, 0.15) is 4.83 Å². The number of halogens is 1. The molecule has 2 aromatic heterocycles. The third-order valence-corrected chi connectivity index (χ3v) is 4.97. The lowest BCUT2D eigenvalue weighted by atomic mass is 10.3. The molecule has 124 valence electrons. The zero-order valence-electron chi connectivity index (χ0n) is 13.1. The third-order valence-electron chi connectivity index (χ3n) is 3.54. The van der Waals surface area contributed by atoms with Crippen LogP contribution < -0.4 is 10.6 Å². The second-order valence-electron chi connectivity index (χ2n) is 5.13. The Morgan fingerprint density at radius 1 is 1.33 bits per heavy atom. The number of nitrogens with zero attached hydrogens (tertiary/aromatic N) is 2. The van der Waals surface area contributed by atoms with Crippen LogP contribution in [-0.4, -0.2) is 35.2 Å². The van der Waals surface area contributed by atoms with Crippen molar-refractivity contribution >= 4 is 45.0 Å². The maximum absolute atomic E-state index is 12.2. The summed E-state index contributed by atoms with van der Waals surface area (Å²) in [5.74, 6) is -0.534. The smallest absolute Gasteiger partial charge is 0.261 e. The minimum atomic E-state index is -0.287. The van der Waals surface area contributed by atoms with Gasteiger partial charge in [-0.1, -0.05) is 23.7 Å². The van der Waals surface area contributed by atoms with E-state index in [2.05, 4.69) is 15.7 Å². The number of amides is 2. The first-order valence-corrected chi connectivity index (χ1v) is 8.43. The molecular formula is C16H15ClN4O2S. The summed E-state index contributed by atoms with van der Waals surface area (Å²) in [7, 11) is 1.52. The van der Waals surface area contributed by atoms with Gasteiger partial charge in [-0.25, -0.2) is 4.68 Å². The number of thiophene rings is 1. The van der Waals surface area contributed by atoms with Gasteiger partial charge in [-0.2, -0.15) is 5.10 Å². The number of para-hydroxylation sites is 1. The Balaban J connectivity index is 1.97. The van der Waals surface area contributed by atoms with Crippen LogP contribution in [0.3, 0.4) is 0 Å². The Morgan fingerprint density at radius 2 is 2.08 bits per heavy atom. The van der Waals surface area contributed by atoms with Crippen LogP contribution in [0, 0.1) is 6.92 Å². The van der Waals surface area contributed by atoms with Crippen LogP contribution in [0.4, 0.5) is 0 Å². The highest BCUT2D eigenvalue weighted by Crippen LogP contribution is 2.32. The largest absolute Gasteiger partial charge is 0.358 e. The molecular weight excluding hydrogens is 348 g/mol. The highest BCUT2D eigenvalue weighted by molar-refractivity contribution is 7.20. The topological polar surface area (TPSA) is 76.0 Å². The molecule has 0 radical (unpaired) electrons. The zero-order chi connectivity index (χ0) is 17.3. The number of fused-ring (bicyclic) bond motifs is 1. The van der Waals surface area contributed by atoms with Gasteiger partial charge in [-0.15, -0.1) is 11.3 Å². The van der Waals surface area contributed by atoms with E-state index >= 15 is 0 Å². The van der Waals surface area contributed by atoms with Crippen molar-refractivity contribution in [3.8, 4) is 5.69 Å². The van der Waals surface area contributed by atoms with Crippen LogP contribution in [0.25, 0.3) is 15.9 Å². The summed E-state index contributed by atoms with van der Waals surface area (Å²) in [6.07, 6.45) is 0. The predicted molar refractivity (Wildman–Crippen MR) is 95.1 cm³/mol. The van der Waals surface area contributed by atoms with E-state index in [1.54, 1.807) is 16.8 Å². The number of carbonyl (C=O) groups excluding carboxylic acids is 2. The molecule has 0 saturated heterocycles. The van der Waals surface area contributed by atoms with Crippen LogP contribution in [-0.2, 0) is 4.79 Å². The van der Waals surface area contributed by atoms with Crippen LogP contribution in [0.2, 0.25) is 5.02 Å². The normalized spacial score (nSPS) is 10.8. The second kappa shape index (κ2) is 6.62. The van der Waals surface area contributed by atoms with Gasteiger partial charge >= 0.3 is 0 Å². The first kappa shape index (κ1) is 16.5. The van der Waals surface area contributed by atoms with Gasteiger partial charge in [0.2, 0.25) is 5.91 Å². The molecule has 24 heavy (non-hydrogen) atoms. The van der Waals surface area contributed by atoms with Crippen molar-refractivity contribution in [1.29, 1.82) is 0 Å². The molecule has 0 aliphatic heterocycles. The van der Waals surface area contributed by atoms with E-state index in [1.807, 2.05) is 25.1 Å². The van der Waals surface area contributed by atoms with E-state index in [9.17, 15) is 9.59 Å². The first-order chi connectivity index (χ1) is 11.5. The van der Waals surface area contributed by atoms with E-state index in [4.69, 9.17) is 11.6 Å². The second-order valence-corrected chi connectivity index (χ2v) is 6.57. The van der Waals surface area contributed by atoms with Crippen molar-refractivity contribution in [3.05, 3.63) is 45.9 Å². The van der Waals surface area contributed by atoms with Crippen LogP contribution >= 0.6 is 22.9 Å². The number of aromatic nitrogens is 2. The van der Waals surface area contributed by atoms with Crippen LogP contribution in [0.1, 0.15) is 15.4 Å². The van der Waals surface area contributed by atoms with Crippen LogP contribution in [0.5, 0.6) is 0 Å². The fourth-order valence-electron chi connectivity index (χ4n) is 2.28. The highest BCUT2D eigenvalue weighted by Gasteiger charge is 2.18. The quantitative estimate of drug-likeness (QED) is 0.748. The minimum Gasteiger partial charge on any atom is -0.358 e. The number of carbonyl (C=O) groups is 2. The number of nitrogens with one attached hydrogen (secondary N) is 2. The van der Waals surface area contributed by atoms with Crippen molar-refractivity contribution in [3.63, 3.8) is 0 Å². The Labute approximate surface area is 147 Å². The average molecular weight is 363 g/mol. The Bertz CT molecular complexity index is 931. The van der Waals surface area contributed by atoms with E-state index in [1.165, 1.54) is 18.4 Å². The summed E-state index contributed by atoms with van der Waals surface area (Å²) < 4.78 is 1.74. The third kappa shape index (κ3) is 3.00. The molecule has 0 unspecified atom stereocenters. The SMILES string of the molecule is CNC(=O)CNC(=O)c1cc2c(C)nn(-c3ccccc3Cl)c2s1.